The molecular weight excluding hydrogens is 151 g/mol. The van der Waals surface area contributed by atoms with E-state index < -0.39 is 7.12 Å². The van der Waals surface area contributed by atoms with Crippen molar-refractivity contribution >= 4 is 18.7 Å². The first-order valence-electron chi connectivity index (χ1n) is 3.93. The zero-order chi connectivity index (χ0) is 8.55. The lowest BCUT2D eigenvalue weighted by atomic mass is 9.79. The van der Waals surface area contributed by atoms with Crippen molar-refractivity contribution in [1.82, 2.24) is 0 Å². The van der Waals surface area contributed by atoms with E-state index in [0.29, 0.717) is 5.46 Å². The van der Waals surface area contributed by atoms with E-state index in [1.807, 2.05) is 18.2 Å². The van der Waals surface area contributed by atoms with Crippen LogP contribution in [0.1, 0.15) is 11.1 Å². The largest absolute Gasteiger partial charge is 0.488 e. The van der Waals surface area contributed by atoms with Crippen molar-refractivity contribution in [2.45, 2.75) is 6.42 Å². The maximum atomic E-state index is 8.89. The van der Waals surface area contributed by atoms with Crippen molar-refractivity contribution in [2.24, 2.45) is 0 Å². The minimum Gasteiger partial charge on any atom is -0.423 e. The normalized spacial score (nSPS) is 13.2. The maximum absolute atomic E-state index is 8.89. The Bertz CT molecular complexity index is 331. The number of hydrogen-bond acceptors (Lipinski definition) is 2. The highest BCUT2D eigenvalue weighted by molar-refractivity contribution is 6.58. The lowest BCUT2D eigenvalue weighted by molar-refractivity contribution is 0.426. The highest BCUT2D eigenvalue weighted by Gasteiger charge is 2.13. The molecular formula is C9H9BO2. The summed E-state index contributed by atoms with van der Waals surface area (Å²) < 4.78 is 0. The Morgan fingerprint density at radius 2 is 2.08 bits per heavy atom. The molecule has 1 aliphatic carbocycles. The summed E-state index contributed by atoms with van der Waals surface area (Å²) in [6.07, 6.45) is 5.02. The van der Waals surface area contributed by atoms with Crippen molar-refractivity contribution in [3.8, 4) is 0 Å². The van der Waals surface area contributed by atoms with Gasteiger partial charge in [0.25, 0.3) is 0 Å². The molecule has 0 fully saturated rings. The van der Waals surface area contributed by atoms with Crippen LogP contribution < -0.4 is 5.46 Å². The minimum atomic E-state index is -1.36. The predicted octanol–water partition coefficient (Wildman–Crippen LogP) is -0.0643. The van der Waals surface area contributed by atoms with Gasteiger partial charge in [-0.3, -0.25) is 0 Å². The summed E-state index contributed by atoms with van der Waals surface area (Å²) in [7, 11) is -1.36. The molecule has 0 spiro atoms. The smallest absolute Gasteiger partial charge is 0.423 e. The molecule has 3 heteroatoms. The van der Waals surface area contributed by atoms with Crippen molar-refractivity contribution < 1.29 is 10.0 Å². The third-order valence-electron chi connectivity index (χ3n) is 2.10. The molecule has 0 saturated carbocycles. The van der Waals surface area contributed by atoms with Crippen LogP contribution in [-0.2, 0) is 6.42 Å². The topological polar surface area (TPSA) is 40.5 Å². The molecule has 0 unspecified atom stereocenters. The van der Waals surface area contributed by atoms with Gasteiger partial charge < -0.3 is 10.0 Å². The van der Waals surface area contributed by atoms with Gasteiger partial charge in [-0.2, -0.15) is 0 Å². The number of benzene rings is 1. The van der Waals surface area contributed by atoms with Gasteiger partial charge in [-0.15, -0.1) is 0 Å². The Labute approximate surface area is 71.3 Å². The molecule has 0 bridgehead atoms. The van der Waals surface area contributed by atoms with Crippen molar-refractivity contribution in [3.05, 3.63) is 35.4 Å². The molecule has 12 heavy (non-hydrogen) atoms. The molecule has 0 aromatic heterocycles. The Kier molecular flexibility index (Phi) is 1.75. The highest BCUT2D eigenvalue weighted by Crippen LogP contribution is 2.17. The minimum absolute atomic E-state index is 0.556. The van der Waals surface area contributed by atoms with Crippen LogP contribution in [0, 0.1) is 0 Å². The highest BCUT2D eigenvalue weighted by atomic mass is 16.4. The van der Waals surface area contributed by atoms with Gasteiger partial charge in [0.1, 0.15) is 0 Å². The first-order valence-corrected chi connectivity index (χ1v) is 3.93. The van der Waals surface area contributed by atoms with Crippen LogP contribution in [0.25, 0.3) is 6.08 Å². The lowest BCUT2D eigenvalue weighted by Crippen LogP contribution is -2.29. The molecule has 2 N–H and O–H groups in total. The van der Waals surface area contributed by atoms with Gasteiger partial charge in [-0.05, 0) is 23.0 Å². The molecule has 0 atom stereocenters. The number of hydrogen-bond donors (Lipinski definition) is 2. The van der Waals surface area contributed by atoms with E-state index in [9.17, 15) is 0 Å². The van der Waals surface area contributed by atoms with Crippen LogP contribution in [0.3, 0.4) is 0 Å². The van der Waals surface area contributed by atoms with Gasteiger partial charge in [0, 0.05) is 0 Å². The Morgan fingerprint density at radius 3 is 2.83 bits per heavy atom. The lowest BCUT2D eigenvalue weighted by Gasteiger charge is -2.02. The number of rotatable bonds is 1. The van der Waals surface area contributed by atoms with Gasteiger partial charge in [0.15, 0.2) is 0 Å². The molecule has 1 aromatic carbocycles. The van der Waals surface area contributed by atoms with Gasteiger partial charge in [0.2, 0.25) is 0 Å². The van der Waals surface area contributed by atoms with Crippen LogP contribution in [0.5, 0.6) is 0 Å². The van der Waals surface area contributed by atoms with Gasteiger partial charge in [-0.25, -0.2) is 0 Å². The molecule has 1 aromatic rings. The Morgan fingerprint density at radius 1 is 1.25 bits per heavy atom. The summed E-state index contributed by atoms with van der Waals surface area (Å²) in [6.45, 7) is 0. The van der Waals surface area contributed by atoms with E-state index in [-0.39, 0.29) is 0 Å². The van der Waals surface area contributed by atoms with Crippen molar-refractivity contribution in [3.63, 3.8) is 0 Å². The molecule has 2 rings (SSSR count). The quantitative estimate of drug-likeness (QED) is 0.564. The fourth-order valence-electron chi connectivity index (χ4n) is 1.43. The third kappa shape index (κ3) is 1.17. The van der Waals surface area contributed by atoms with Crippen molar-refractivity contribution in [2.75, 3.05) is 0 Å². The molecule has 0 heterocycles. The van der Waals surface area contributed by atoms with Crippen LogP contribution in [0.2, 0.25) is 0 Å². The zero-order valence-corrected chi connectivity index (χ0v) is 6.57. The number of allylic oxidation sites excluding steroid dienone is 1. The molecule has 0 aliphatic heterocycles. The van der Waals surface area contributed by atoms with Crippen LogP contribution >= 0.6 is 0 Å². The van der Waals surface area contributed by atoms with Crippen LogP contribution in [0.15, 0.2) is 24.3 Å². The SMILES string of the molecule is OB(O)c1ccc2c(c1)C=CC2. The molecule has 1 aliphatic rings. The fraction of sp³-hybridized carbons (Fsp3) is 0.111. The molecule has 60 valence electrons. The van der Waals surface area contributed by atoms with Gasteiger partial charge >= 0.3 is 7.12 Å². The molecule has 0 radical (unpaired) electrons. The average molecular weight is 160 g/mol. The summed E-state index contributed by atoms with van der Waals surface area (Å²) in [5.41, 5.74) is 2.90. The average Bonchev–Trinajstić information content (AvgIpc) is 2.49. The first kappa shape index (κ1) is 7.59. The fourth-order valence-corrected chi connectivity index (χ4v) is 1.43. The van der Waals surface area contributed by atoms with E-state index in [1.54, 1.807) is 6.07 Å². The standard InChI is InChI=1S/C9H9BO2/c11-10(12)9-5-4-7-2-1-3-8(7)6-9/h1,3-6,11-12H,2H2. The second-order valence-corrected chi connectivity index (χ2v) is 2.94. The van der Waals surface area contributed by atoms with Gasteiger partial charge in [0.05, 0.1) is 0 Å². The monoisotopic (exact) mass is 160 g/mol. The zero-order valence-electron chi connectivity index (χ0n) is 6.57. The summed E-state index contributed by atoms with van der Waals surface area (Å²) in [5.74, 6) is 0. The van der Waals surface area contributed by atoms with E-state index in [4.69, 9.17) is 10.0 Å². The molecule has 0 saturated heterocycles. The van der Waals surface area contributed by atoms with E-state index >= 15 is 0 Å². The predicted molar refractivity (Wildman–Crippen MR) is 49.0 cm³/mol. The molecule has 2 nitrogen and oxygen atoms in total. The van der Waals surface area contributed by atoms with Crippen LogP contribution in [-0.4, -0.2) is 17.2 Å². The van der Waals surface area contributed by atoms with E-state index in [0.717, 1.165) is 12.0 Å². The summed E-state index contributed by atoms with van der Waals surface area (Å²) in [6, 6.07) is 5.49. The third-order valence-corrected chi connectivity index (χ3v) is 2.10. The summed E-state index contributed by atoms with van der Waals surface area (Å²) >= 11 is 0. The second kappa shape index (κ2) is 2.77. The van der Waals surface area contributed by atoms with Gasteiger partial charge in [-0.1, -0.05) is 30.4 Å². The Hall–Kier alpha value is -1.06. The van der Waals surface area contributed by atoms with Crippen LogP contribution in [0.4, 0.5) is 0 Å². The second-order valence-electron chi connectivity index (χ2n) is 2.94. The number of fused-ring (bicyclic) bond motifs is 1. The Balaban J connectivity index is 2.44. The summed E-state index contributed by atoms with van der Waals surface area (Å²) in [5, 5.41) is 17.8. The summed E-state index contributed by atoms with van der Waals surface area (Å²) in [4.78, 5) is 0. The maximum Gasteiger partial charge on any atom is 0.488 e. The van der Waals surface area contributed by atoms with E-state index in [1.165, 1.54) is 5.56 Å². The first-order chi connectivity index (χ1) is 5.77. The van der Waals surface area contributed by atoms with Crippen molar-refractivity contribution in [1.29, 1.82) is 0 Å². The van der Waals surface area contributed by atoms with E-state index in [2.05, 4.69) is 6.08 Å². The molecule has 0 amide bonds.